The molecule has 0 saturated heterocycles. The summed E-state index contributed by atoms with van der Waals surface area (Å²) in [6.45, 7) is 5.44. The zero-order chi connectivity index (χ0) is 23.3. The summed E-state index contributed by atoms with van der Waals surface area (Å²) in [5.41, 5.74) is 5.20. The van der Waals surface area contributed by atoms with Gasteiger partial charge < -0.3 is 14.8 Å². The summed E-state index contributed by atoms with van der Waals surface area (Å²) in [5.74, 6) is -0.376. The van der Waals surface area contributed by atoms with E-state index in [2.05, 4.69) is 10.6 Å². The Kier molecular flexibility index (Phi) is 8.51. The van der Waals surface area contributed by atoms with Gasteiger partial charge in [-0.2, -0.15) is 0 Å². The molecule has 0 fully saturated rings. The number of aliphatic hydroxyl groups is 1. The largest absolute Gasteiger partial charge is 0.481 e. The van der Waals surface area contributed by atoms with Crippen molar-refractivity contribution in [3.8, 4) is 0 Å². The van der Waals surface area contributed by atoms with Gasteiger partial charge in [-0.05, 0) is 56.4 Å². The second-order valence-electron chi connectivity index (χ2n) is 7.66. The number of hydrogen-bond donors (Lipinski definition) is 2. The van der Waals surface area contributed by atoms with E-state index in [-0.39, 0.29) is 4.90 Å². The Morgan fingerprint density at radius 2 is 1.97 bits per heavy atom. The van der Waals surface area contributed by atoms with Crippen LogP contribution in [0.1, 0.15) is 50.1 Å². The van der Waals surface area contributed by atoms with Crippen molar-refractivity contribution in [1.82, 2.24) is 4.57 Å². The third-order valence-electron chi connectivity index (χ3n) is 5.23. The maximum Gasteiger partial charge on any atom is 0.300 e. The number of hydrogen-bond acceptors (Lipinski definition) is 4. The van der Waals surface area contributed by atoms with Crippen LogP contribution < -0.4 is 0 Å². The predicted octanol–water partition coefficient (Wildman–Crippen LogP) is 4.42. The third kappa shape index (κ3) is 5.99. The molecule has 31 heavy (non-hydrogen) atoms. The summed E-state index contributed by atoms with van der Waals surface area (Å²) in [7, 11) is -3.36. The quantitative estimate of drug-likeness (QED) is 0.484. The highest BCUT2D eigenvalue weighted by Crippen LogP contribution is 2.38. The molecule has 2 N–H and O–H groups in total. The number of aliphatic carboxylic acids is 1. The first-order valence-corrected chi connectivity index (χ1v) is 12.6. The van der Waals surface area contributed by atoms with Gasteiger partial charge in [0.05, 0.1) is 16.5 Å². The average molecular weight is 468 g/mol. The normalized spacial score (nSPS) is 15.1. The van der Waals surface area contributed by atoms with Crippen molar-refractivity contribution in [2.75, 3.05) is 12.1 Å². The van der Waals surface area contributed by atoms with Gasteiger partial charge >= 0.3 is 0 Å². The summed E-state index contributed by atoms with van der Waals surface area (Å²) in [5, 5.41) is 18.8. The van der Waals surface area contributed by atoms with Gasteiger partial charge in [-0.1, -0.05) is 18.2 Å². The summed E-state index contributed by atoms with van der Waals surface area (Å²) >= 11 is 5.79. The Morgan fingerprint density at radius 3 is 2.48 bits per heavy atom. The standard InChI is InChI=1S/C21H26ClNO3S.C2H4O2/c1-4-15(7-6-10-22)13-23-20-9-5-8-17(20)19-12-16(27(3,25)26)11-18(14(2)24)21(19)23;1-2(3)4/h4,6-7,11-12,14,24H,5,8-10,13H2,1-3H3;1H3,(H,3,4)/b7-6-,15-4+;. The van der Waals surface area contributed by atoms with Gasteiger partial charge in [0.25, 0.3) is 5.97 Å². The van der Waals surface area contributed by atoms with Crippen LogP contribution in [0.5, 0.6) is 0 Å². The molecule has 8 heteroatoms. The Hall–Kier alpha value is -2.09. The maximum atomic E-state index is 12.2. The van der Waals surface area contributed by atoms with Crippen molar-refractivity contribution < 1.29 is 23.4 Å². The molecule has 1 aromatic carbocycles. The van der Waals surface area contributed by atoms with Crippen LogP contribution in [0.2, 0.25) is 0 Å². The number of halogens is 1. The van der Waals surface area contributed by atoms with Gasteiger partial charge in [0.2, 0.25) is 0 Å². The first-order chi connectivity index (χ1) is 14.5. The molecule has 1 atom stereocenters. The Balaban J connectivity index is 0.000000785. The number of aromatic nitrogens is 1. The molecule has 1 unspecified atom stereocenters. The van der Waals surface area contributed by atoms with E-state index >= 15 is 0 Å². The van der Waals surface area contributed by atoms with Crippen molar-refractivity contribution in [2.45, 2.75) is 57.6 Å². The highest BCUT2D eigenvalue weighted by molar-refractivity contribution is 7.90. The Labute approximate surface area is 188 Å². The summed E-state index contributed by atoms with van der Waals surface area (Å²) in [6, 6.07) is 3.40. The van der Waals surface area contributed by atoms with Crippen LogP contribution in [-0.4, -0.2) is 41.3 Å². The van der Waals surface area contributed by atoms with Crippen LogP contribution in [0.25, 0.3) is 10.9 Å². The second-order valence-corrected chi connectivity index (χ2v) is 9.99. The number of benzene rings is 1. The highest BCUT2D eigenvalue weighted by atomic mass is 35.5. The van der Waals surface area contributed by atoms with E-state index in [9.17, 15) is 13.5 Å². The van der Waals surface area contributed by atoms with Crippen LogP contribution in [0.15, 0.2) is 40.8 Å². The van der Waals surface area contributed by atoms with Crippen LogP contribution in [0.3, 0.4) is 0 Å². The minimum Gasteiger partial charge on any atom is -0.481 e. The van der Waals surface area contributed by atoms with Crippen molar-refractivity contribution in [1.29, 1.82) is 0 Å². The molecule has 1 aliphatic rings. The van der Waals surface area contributed by atoms with E-state index in [0.717, 1.165) is 42.7 Å². The molecule has 0 aliphatic heterocycles. The lowest BCUT2D eigenvalue weighted by Gasteiger charge is -2.16. The highest BCUT2D eigenvalue weighted by Gasteiger charge is 2.26. The number of carboxylic acids is 1. The number of sulfone groups is 1. The molecule has 0 bridgehead atoms. The molecule has 0 spiro atoms. The van der Waals surface area contributed by atoms with E-state index in [1.807, 2.05) is 19.1 Å². The lowest BCUT2D eigenvalue weighted by molar-refractivity contribution is -0.134. The smallest absolute Gasteiger partial charge is 0.300 e. The zero-order valence-electron chi connectivity index (χ0n) is 18.4. The predicted molar refractivity (Wildman–Crippen MR) is 125 cm³/mol. The monoisotopic (exact) mass is 467 g/mol. The Bertz CT molecular complexity index is 1120. The number of carbonyl (C=O) groups is 1. The number of fused-ring (bicyclic) bond motifs is 3. The fourth-order valence-corrected chi connectivity index (χ4v) is 4.70. The van der Waals surface area contributed by atoms with Gasteiger partial charge in [0.15, 0.2) is 9.84 Å². The number of nitrogens with zero attached hydrogens (tertiary/aromatic N) is 1. The van der Waals surface area contributed by atoms with E-state index in [0.29, 0.717) is 18.0 Å². The van der Waals surface area contributed by atoms with E-state index in [4.69, 9.17) is 21.5 Å². The molecular formula is C23H30ClNO5S. The lowest BCUT2D eigenvalue weighted by atomic mass is 10.0. The molecule has 6 nitrogen and oxygen atoms in total. The zero-order valence-corrected chi connectivity index (χ0v) is 19.9. The summed E-state index contributed by atoms with van der Waals surface area (Å²) in [6.07, 6.45) is 9.43. The summed E-state index contributed by atoms with van der Waals surface area (Å²) in [4.78, 5) is 9.27. The third-order valence-corrected chi connectivity index (χ3v) is 6.50. The first-order valence-electron chi connectivity index (χ1n) is 10.1. The van der Waals surface area contributed by atoms with Crippen molar-refractivity contribution in [3.63, 3.8) is 0 Å². The molecule has 0 radical (unpaired) electrons. The molecule has 0 saturated carbocycles. The number of aryl methyl sites for hydroxylation is 1. The summed E-state index contributed by atoms with van der Waals surface area (Å²) < 4.78 is 26.6. The first kappa shape index (κ1) is 25.2. The van der Waals surface area contributed by atoms with Crippen molar-refractivity contribution in [2.24, 2.45) is 0 Å². The van der Waals surface area contributed by atoms with Crippen LogP contribution in [-0.2, 0) is 34.0 Å². The molecule has 1 aliphatic carbocycles. The molecule has 1 aromatic heterocycles. The Morgan fingerprint density at radius 1 is 1.32 bits per heavy atom. The van der Waals surface area contributed by atoms with E-state index in [1.54, 1.807) is 19.1 Å². The minimum atomic E-state index is -3.36. The molecule has 3 rings (SSSR count). The van der Waals surface area contributed by atoms with Crippen molar-refractivity contribution in [3.05, 3.63) is 52.8 Å². The number of alkyl halides is 1. The fraction of sp³-hybridized carbons (Fsp3) is 0.435. The molecule has 2 aromatic rings. The second kappa shape index (κ2) is 10.5. The number of rotatable bonds is 6. The van der Waals surface area contributed by atoms with Gasteiger partial charge in [-0.25, -0.2) is 8.42 Å². The molecule has 1 heterocycles. The molecular weight excluding hydrogens is 438 g/mol. The van der Waals surface area contributed by atoms with E-state index in [1.165, 1.54) is 17.5 Å². The minimum absolute atomic E-state index is 0.269. The van der Waals surface area contributed by atoms with E-state index < -0.39 is 21.9 Å². The van der Waals surface area contributed by atoms with Crippen LogP contribution in [0.4, 0.5) is 0 Å². The fourth-order valence-electron chi connectivity index (χ4n) is 3.94. The maximum absolute atomic E-state index is 12.2. The van der Waals surface area contributed by atoms with Gasteiger partial charge in [0.1, 0.15) is 0 Å². The van der Waals surface area contributed by atoms with Crippen LogP contribution >= 0.6 is 11.6 Å². The lowest BCUT2D eigenvalue weighted by Crippen LogP contribution is -2.08. The SMILES string of the molecule is C/C=C(\C=C/CCl)Cn1c2c(c3cc(S(C)(=O)=O)cc(C(C)O)c31)CCC2.CC(=O)O. The average Bonchev–Trinajstić information content (AvgIpc) is 3.25. The number of allylic oxidation sites excluding steroid dienone is 4. The molecule has 0 amide bonds. The topological polar surface area (TPSA) is 96.6 Å². The number of aliphatic hydroxyl groups excluding tert-OH is 1. The van der Waals surface area contributed by atoms with Crippen LogP contribution in [0, 0.1) is 0 Å². The van der Waals surface area contributed by atoms with Gasteiger partial charge in [-0.3, -0.25) is 4.79 Å². The van der Waals surface area contributed by atoms with Gasteiger partial charge in [0, 0.05) is 42.2 Å². The van der Waals surface area contributed by atoms with Gasteiger partial charge in [-0.15, -0.1) is 11.6 Å². The van der Waals surface area contributed by atoms with Crippen molar-refractivity contribution >= 4 is 38.3 Å². The number of carboxylic acid groups (broad SMARTS) is 1. The molecule has 170 valence electrons.